The van der Waals surface area contributed by atoms with E-state index in [2.05, 4.69) is 5.32 Å². The molecule has 0 saturated carbocycles. The number of hydrogen-bond acceptors (Lipinski definition) is 5. The van der Waals surface area contributed by atoms with Crippen molar-refractivity contribution in [3.05, 3.63) is 107 Å². The van der Waals surface area contributed by atoms with Crippen LogP contribution < -0.4 is 24.2 Å². The Morgan fingerprint density at radius 2 is 1.72 bits per heavy atom. The van der Waals surface area contributed by atoms with Gasteiger partial charge in [0, 0.05) is 11.1 Å². The number of carbonyl (C=O) groups excluding carboxylic acids is 1. The molecule has 0 aliphatic heterocycles. The number of halogens is 3. The molecule has 11 heteroatoms. The van der Waals surface area contributed by atoms with Gasteiger partial charge in [0.2, 0.25) is 0 Å². The Balaban J connectivity index is 0.00000337. The van der Waals surface area contributed by atoms with Gasteiger partial charge in [-0.3, -0.25) is 4.79 Å². The van der Waals surface area contributed by atoms with Gasteiger partial charge < -0.3 is 21.0 Å². The van der Waals surface area contributed by atoms with Crippen molar-refractivity contribution in [1.82, 2.24) is 5.32 Å². The molecule has 0 spiro atoms. The summed E-state index contributed by atoms with van der Waals surface area (Å²) >= 11 is 1.51. The van der Waals surface area contributed by atoms with E-state index in [1.807, 2.05) is 43.5 Å². The van der Waals surface area contributed by atoms with Crippen LogP contribution in [0.4, 0.5) is 13.2 Å². The molecule has 0 radical (unpaired) electrons. The maximum absolute atomic E-state index is 13.2. The molecule has 0 aliphatic rings. The predicted octanol–water partition coefficient (Wildman–Crippen LogP) is 4.71. The van der Waals surface area contributed by atoms with Gasteiger partial charge in [-0.05, 0) is 84.0 Å². The van der Waals surface area contributed by atoms with Crippen LogP contribution in [-0.4, -0.2) is 35.0 Å². The second-order valence-electron chi connectivity index (χ2n) is 9.67. The molecule has 6 nitrogen and oxygen atoms in total. The molecule has 0 aliphatic carbocycles. The largest absolute Gasteiger partial charge is 1.00 e. The third-order valence-electron chi connectivity index (χ3n) is 6.65. The Labute approximate surface area is 265 Å². The number of hydrogen-bond donors (Lipinski definition) is 2. The smallest absolute Gasteiger partial charge is 1.00 e. The summed E-state index contributed by atoms with van der Waals surface area (Å²) in [6, 6.07) is 20.0. The minimum Gasteiger partial charge on any atom is -1.00 e. The number of benzene rings is 3. The van der Waals surface area contributed by atoms with Crippen molar-refractivity contribution in [2.75, 3.05) is 12.0 Å². The van der Waals surface area contributed by atoms with E-state index >= 15 is 0 Å². The molecule has 0 bridgehead atoms. The number of thioether (sulfide) groups is 1. The monoisotopic (exact) mass is 605 g/mol. The predicted molar refractivity (Wildman–Crippen MR) is 157 cm³/mol. The molecule has 4 aromatic rings. The molecule has 0 saturated heterocycles. The third-order valence-corrected chi connectivity index (χ3v) is 7.29. The van der Waals surface area contributed by atoms with Gasteiger partial charge in [0.05, 0.1) is 12.2 Å². The number of rotatable bonds is 12. The van der Waals surface area contributed by atoms with Crippen molar-refractivity contribution in [2.24, 2.45) is 0 Å². The van der Waals surface area contributed by atoms with E-state index in [0.717, 1.165) is 28.8 Å². The van der Waals surface area contributed by atoms with E-state index in [1.165, 1.54) is 23.9 Å². The molecule has 3 aromatic carbocycles. The Kier molecular flexibility index (Phi) is 12.2. The Morgan fingerprint density at radius 3 is 2.37 bits per heavy atom. The molecular formula is C32H31F3LiNO5S. The van der Waals surface area contributed by atoms with Crippen molar-refractivity contribution >= 4 is 23.6 Å². The van der Waals surface area contributed by atoms with E-state index in [0.29, 0.717) is 40.4 Å². The van der Waals surface area contributed by atoms with Gasteiger partial charge in [-0.15, -0.1) is 0 Å². The summed E-state index contributed by atoms with van der Waals surface area (Å²) in [5, 5.41) is 12.2. The van der Waals surface area contributed by atoms with E-state index in [9.17, 15) is 27.9 Å². The summed E-state index contributed by atoms with van der Waals surface area (Å²) in [5.74, 6) is -0.0266. The van der Waals surface area contributed by atoms with Crippen LogP contribution in [0.15, 0.2) is 83.3 Å². The number of carboxylic acids is 1. The number of aryl methyl sites for hydroxylation is 1. The average Bonchev–Trinajstić information content (AvgIpc) is 3.44. The summed E-state index contributed by atoms with van der Waals surface area (Å²) in [7, 11) is 0. The van der Waals surface area contributed by atoms with Crippen molar-refractivity contribution in [3.8, 4) is 22.5 Å². The molecule has 2 N–H and O–H groups in total. The molecular weight excluding hydrogens is 574 g/mol. The fraction of sp³-hybridized carbons (Fsp3) is 0.250. The van der Waals surface area contributed by atoms with Crippen molar-refractivity contribution in [1.29, 1.82) is 0 Å². The summed E-state index contributed by atoms with van der Waals surface area (Å²) in [4.78, 5) is 25.0. The molecule has 1 heterocycles. The van der Waals surface area contributed by atoms with Crippen LogP contribution in [0, 0.1) is 6.92 Å². The first kappa shape index (κ1) is 34.1. The Hall–Kier alpha value is -3.42. The quantitative estimate of drug-likeness (QED) is 0.228. The summed E-state index contributed by atoms with van der Waals surface area (Å²) in [5.41, 5.74) is 3.38. The normalized spacial score (nSPS) is 11.9. The summed E-state index contributed by atoms with van der Waals surface area (Å²) < 4.78 is 50.2. The van der Waals surface area contributed by atoms with Crippen LogP contribution in [0.5, 0.6) is 0 Å². The Morgan fingerprint density at radius 1 is 1.00 bits per heavy atom. The van der Waals surface area contributed by atoms with Crippen molar-refractivity contribution in [3.63, 3.8) is 0 Å². The molecule has 43 heavy (non-hydrogen) atoms. The molecule has 1 aromatic heterocycles. The van der Waals surface area contributed by atoms with Crippen LogP contribution in [-0.2, 0) is 28.9 Å². The maximum Gasteiger partial charge on any atom is 1.00 e. The first-order valence-electron chi connectivity index (χ1n) is 13.1. The van der Waals surface area contributed by atoms with E-state index in [4.69, 9.17) is 9.15 Å². The number of carbonyl (C=O) groups is 2. The van der Waals surface area contributed by atoms with E-state index in [-0.39, 0.29) is 33.5 Å². The number of amides is 1. The Bertz CT molecular complexity index is 1550. The second-order valence-corrected chi connectivity index (χ2v) is 10.7. The van der Waals surface area contributed by atoms with Crippen LogP contribution in [0.1, 0.15) is 40.7 Å². The minimum absolute atomic E-state index is 0. The number of alkyl halides is 3. The van der Waals surface area contributed by atoms with Crippen molar-refractivity contribution in [2.45, 2.75) is 38.8 Å². The minimum atomic E-state index is -4.41. The van der Waals surface area contributed by atoms with Crippen LogP contribution in [0.3, 0.4) is 0 Å². The number of aliphatic carboxylic acids is 1. The van der Waals surface area contributed by atoms with Gasteiger partial charge in [-0.25, -0.2) is 4.79 Å². The standard InChI is InChI=1S/C32H30F3NO5S.Li.H/c1-20-5-3-4-6-25(20)27-17-21(7-13-26(27)30(37)36-28(31(38)39)15-16-42-2)18-40-19-24-12-14-29(41-24)22-8-10-23(11-9-22)32(33,34)35;;/h3-14,17,28H,15-16,18-19H2,1-2H3,(H,36,37)(H,38,39);;/q;+1;-1. The zero-order chi connectivity index (χ0) is 30.3. The van der Waals surface area contributed by atoms with Gasteiger partial charge in [-0.2, -0.15) is 24.9 Å². The fourth-order valence-electron chi connectivity index (χ4n) is 4.41. The number of furan rings is 1. The number of nitrogens with one attached hydrogen (secondary N) is 1. The van der Waals surface area contributed by atoms with Gasteiger partial charge in [-0.1, -0.05) is 42.5 Å². The molecule has 1 unspecified atom stereocenters. The molecule has 222 valence electrons. The molecule has 4 rings (SSSR count). The van der Waals surface area contributed by atoms with E-state index in [1.54, 1.807) is 24.3 Å². The van der Waals surface area contributed by atoms with Crippen LogP contribution >= 0.6 is 11.8 Å². The van der Waals surface area contributed by atoms with Gasteiger partial charge in [0.15, 0.2) is 0 Å². The van der Waals surface area contributed by atoms with Gasteiger partial charge >= 0.3 is 31.0 Å². The van der Waals surface area contributed by atoms with E-state index < -0.39 is 29.7 Å². The molecule has 0 fully saturated rings. The zero-order valence-corrected chi connectivity index (χ0v) is 24.9. The first-order chi connectivity index (χ1) is 20.1. The first-order valence-corrected chi connectivity index (χ1v) is 14.5. The summed E-state index contributed by atoms with van der Waals surface area (Å²) in [6.45, 7) is 2.25. The maximum atomic E-state index is 13.2. The van der Waals surface area contributed by atoms with Crippen LogP contribution in [0.2, 0.25) is 0 Å². The topological polar surface area (TPSA) is 88.8 Å². The van der Waals surface area contributed by atoms with Gasteiger partial charge in [0.25, 0.3) is 5.91 Å². The third kappa shape index (κ3) is 9.04. The fourth-order valence-corrected chi connectivity index (χ4v) is 4.88. The second kappa shape index (κ2) is 15.3. The van der Waals surface area contributed by atoms with Gasteiger partial charge in [0.1, 0.15) is 24.2 Å². The van der Waals surface area contributed by atoms with Crippen molar-refractivity contribution < 1.29 is 57.3 Å². The molecule has 1 amide bonds. The zero-order valence-electron chi connectivity index (χ0n) is 25.0. The summed E-state index contributed by atoms with van der Waals surface area (Å²) in [6.07, 6.45) is -2.22. The average molecular weight is 606 g/mol. The number of carboxylic acid groups (broad SMARTS) is 1. The van der Waals surface area contributed by atoms with Crippen LogP contribution in [0.25, 0.3) is 22.5 Å². The number of ether oxygens (including phenoxy) is 1. The SMILES string of the molecule is CSCCC(NC(=O)c1ccc(COCc2ccc(-c3ccc(C(F)(F)F)cc3)o2)cc1-c1ccccc1C)C(=O)O.[H-].[Li+]. The molecule has 1 atom stereocenters.